The van der Waals surface area contributed by atoms with Gasteiger partial charge in [0.25, 0.3) is 0 Å². The zero-order valence-corrected chi connectivity index (χ0v) is 6.73. The van der Waals surface area contributed by atoms with Crippen molar-refractivity contribution in [2.24, 2.45) is 0 Å². The van der Waals surface area contributed by atoms with Gasteiger partial charge < -0.3 is 9.84 Å². The van der Waals surface area contributed by atoms with Gasteiger partial charge >= 0.3 is 0 Å². The molecule has 0 fully saturated rings. The van der Waals surface area contributed by atoms with E-state index in [0.29, 0.717) is 12.4 Å². The molecule has 0 spiro atoms. The van der Waals surface area contributed by atoms with E-state index in [1.165, 1.54) is 0 Å². The molecule has 0 amide bonds. The minimum atomic E-state index is -0.0327. The standard InChI is InChI=1S/C9H11NO2/c1-2-5-12-9-6-10-4-3-8(9)7-11/h2-4,6,11H,1,5,7H2. The van der Waals surface area contributed by atoms with Crippen molar-refractivity contribution < 1.29 is 9.84 Å². The Hall–Kier alpha value is -1.35. The molecule has 0 unspecified atom stereocenters. The van der Waals surface area contributed by atoms with Gasteiger partial charge in [0.2, 0.25) is 0 Å². The second-order valence-electron chi connectivity index (χ2n) is 2.24. The number of nitrogens with zero attached hydrogens (tertiary/aromatic N) is 1. The van der Waals surface area contributed by atoms with Crippen molar-refractivity contribution in [1.29, 1.82) is 0 Å². The number of aliphatic hydroxyl groups excluding tert-OH is 1. The molecule has 64 valence electrons. The monoisotopic (exact) mass is 165 g/mol. The van der Waals surface area contributed by atoms with Crippen molar-refractivity contribution in [2.75, 3.05) is 6.61 Å². The number of aromatic nitrogens is 1. The second-order valence-corrected chi connectivity index (χ2v) is 2.24. The molecule has 12 heavy (non-hydrogen) atoms. The second kappa shape index (κ2) is 4.51. The highest BCUT2D eigenvalue weighted by molar-refractivity contribution is 5.28. The highest BCUT2D eigenvalue weighted by atomic mass is 16.5. The number of hydrogen-bond donors (Lipinski definition) is 1. The maximum absolute atomic E-state index is 8.88. The summed E-state index contributed by atoms with van der Waals surface area (Å²) < 4.78 is 5.24. The minimum absolute atomic E-state index is 0.0327. The van der Waals surface area contributed by atoms with Gasteiger partial charge in [-0.15, -0.1) is 0 Å². The van der Waals surface area contributed by atoms with Crippen LogP contribution in [0.1, 0.15) is 5.56 Å². The fourth-order valence-electron chi connectivity index (χ4n) is 0.818. The van der Waals surface area contributed by atoms with Gasteiger partial charge in [-0.2, -0.15) is 0 Å². The highest BCUT2D eigenvalue weighted by Crippen LogP contribution is 2.15. The van der Waals surface area contributed by atoms with Crippen LogP contribution in [0.2, 0.25) is 0 Å². The summed E-state index contributed by atoms with van der Waals surface area (Å²) >= 11 is 0. The van der Waals surface area contributed by atoms with Crippen molar-refractivity contribution in [1.82, 2.24) is 4.98 Å². The molecular weight excluding hydrogens is 154 g/mol. The lowest BCUT2D eigenvalue weighted by molar-refractivity contribution is 0.269. The molecule has 0 radical (unpaired) electrons. The third-order valence-corrected chi connectivity index (χ3v) is 1.40. The van der Waals surface area contributed by atoms with E-state index >= 15 is 0 Å². The van der Waals surface area contributed by atoms with E-state index in [1.54, 1.807) is 24.5 Å². The summed E-state index contributed by atoms with van der Waals surface area (Å²) in [5.74, 6) is 0.611. The summed E-state index contributed by atoms with van der Waals surface area (Å²) in [5, 5.41) is 8.88. The Morgan fingerprint density at radius 2 is 2.50 bits per heavy atom. The Kier molecular flexibility index (Phi) is 3.29. The summed E-state index contributed by atoms with van der Waals surface area (Å²) in [6, 6.07) is 1.72. The summed E-state index contributed by atoms with van der Waals surface area (Å²) in [5.41, 5.74) is 0.742. The lowest BCUT2D eigenvalue weighted by Crippen LogP contribution is -1.97. The van der Waals surface area contributed by atoms with Crippen LogP contribution < -0.4 is 4.74 Å². The molecule has 1 aromatic heterocycles. The molecule has 1 heterocycles. The van der Waals surface area contributed by atoms with E-state index in [0.717, 1.165) is 5.56 Å². The Labute approximate surface area is 71.3 Å². The van der Waals surface area contributed by atoms with Gasteiger partial charge in [0.1, 0.15) is 12.4 Å². The lowest BCUT2D eigenvalue weighted by Gasteiger charge is -2.06. The van der Waals surface area contributed by atoms with E-state index in [-0.39, 0.29) is 6.61 Å². The van der Waals surface area contributed by atoms with Gasteiger partial charge in [0.15, 0.2) is 0 Å². The van der Waals surface area contributed by atoms with Gasteiger partial charge in [-0.1, -0.05) is 12.7 Å². The molecule has 3 nitrogen and oxygen atoms in total. The van der Waals surface area contributed by atoms with E-state index in [9.17, 15) is 0 Å². The zero-order valence-electron chi connectivity index (χ0n) is 6.73. The van der Waals surface area contributed by atoms with Crippen molar-refractivity contribution in [3.63, 3.8) is 0 Å². The first-order chi connectivity index (χ1) is 5.88. The van der Waals surface area contributed by atoms with Crippen LogP contribution >= 0.6 is 0 Å². The Balaban J connectivity index is 2.74. The SMILES string of the molecule is C=CCOc1cnccc1CO. The van der Waals surface area contributed by atoms with Gasteiger partial charge in [-0.3, -0.25) is 4.98 Å². The van der Waals surface area contributed by atoms with Crippen molar-refractivity contribution in [3.8, 4) is 5.75 Å². The summed E-state index contributed by atoms with van der Waals surface area (Å²) in [4.78, 5) is 3.88. The number of aliphatic hydroxyl groups is 1. The van der Waals surface area contributed by atoms with Gasteiger partial charge in [-0.05, 0) is 6.07 Å². The van der Waals surface area contributed by atoms with Gasteiger partial charge in [0.05, 0.1) is 12.8 Å². The Morgan fingerprint density at radius 3 is 3.17 bits per heavy atom. The topological polar surface area (TPSA) is 42.4 Å². The van der Waals surface area contributed by atoms with E-state index in [4.69, 9.17) is 9.84 Å². The van der Waals surface area contributed by atoms with E-state index in [1.807, 2.05) is 0 Å². The molecule has 1 N–H and O–H groups in total. The van der Waals surface area contributed by atoms with Crippen LogP contribution in [-0.2, 0) is 6.61 Å². The van der Waals surface area contributed by atoms with Crippen molar-refractivity contribution in [3.05, 3.63) is 36.7 Å². The maximum atomic E-state index is 8.88. The average molecular weight is 165 g/mol. The fourth-order valence-corrected chi connectivity index (χ4v) is 0.818. The van der Waals surface area contributed by atoms with Crippen LogP contribution in [0.4, 0.5) is 0 Å². The van der Waals surface area contributed by atoms with Crippen LogP contribution in [0.25, 0.3) is 0 Å². The smallest absolute Gasteiger partial charge is 0.143 e. The molecule has 0 aromatic carbocycles. The average Bonchev–Trinajstić information content (AvgIpc) is 2.15. The molecular formula is C9H11NO2. The number of hydrogen-bond acceptors (Lipinski definition) is 3. The quantitative estimate of drug-likeness (QED) is 0.680. The molecule has 0 aliphatic carbocycles. The van der Waals surface area contributed by atoms with Gasteiger partial charge in [-0.25, -0.2) is 0 Å². The van der Waals surface area contributed by atoms with Crippen molar-refractivity contribution >= 4 is 0 Å². The first-order valence-corrected chi connectivity index (χ1v) is 3.66. The van der Waals surface area contributed by atoms with E-state index < -0.39 is 0 Å². The van der Waals surface area contributed by atoms with Crippen LogP contribution in [-0.4, -0.2) is 16.7 Å². The molecule has 0 aliphatic rings. The summed E-state index contributed by atoms with van der Waals surface area (Å²) in [6.45, 7) is 3.92. The highest BCUT2D eigenvalue weighted by Gasteiger charge is 1.99. The lowest BCUT2D eigenvalue weighted by atomic mass is 10.2. The molecule has 0 saturated heterocycles. The summed E-state index contributed by atoms with van der Waals surface area (Å²) in [6.07, 6.45) is 4.84. The molecule has 1 rings (SSSR count). The number of ether oxygens (including phenoxy) is 1. The minimum Gasteiger partial charge on any atom is -0.488 e. The van der Waals surface area contributed by atoms with Gasteiger partial charge in [0, 0.05) is 11.8 Å². The zero-order chi connectivity index (χ0) is 8.81. The third-order valence-electron chi connectivity index (χ3n) is 1.40. The molecule has 0 bridgehead atoms. The van der Waals surface area contributed by atoms with Crippen LogP contribution in [0.15, 0.2) is 31.1 Å². The molecule has 0 atom stereocenters. The number of pyridine rings is 1. The Morgan fingerprint density at radius 1 is 1.67 bits per heavy atom. The largest absolute Gasteiger partial charge is 0.488 e. The van der Waals surface area contributed by atoms with Crippen LogP contribution in [0.5, 0.6) is 5.75 Å². The molecule has 0 aliphatic heterocycles. The molecule has 0 saturated carbocycles. The predicted molar refractivity (Wildman–Crippen MR) is 45.9 cm³/mol. The van der Waals surface area contributed by atoms with E-state index in [2.05, 4.69) is 11.6 Å². The molecule has 1 aromatic rings. The Bertz CT molecular complexity index is 260. The predicted octanol–water partition coefficient (Wildman–Crippen LogP) is 1.14. The fraction of sp³-hybridized carbons (Fsp3) is 0.222. The normalized spacial score (nSPS) is 9.42. The van der Waals surface area contributed by atoms with Crippen LogP contribution in [0.3, 0.4) is 0 Å². The van der Waals surface area contributed by atoms with Crippen LogP contribution in [0, 0.1) is 0 Å². The first-order valence-electron chi connectivity index (χ1n) is 3.66. The first kappa shape index (κ1) is 8.74. The summed E-state index contributed by atoms with van der Waals surface area (Å²) in [7, 11) is 0. The third kappa shape index (κ3) is 2.07. The number of rotatable bonds is 4. The molecule has 3 heteroatoms. The van der Waals surface area contributed by atoms with Crippen molar-refractivity contribution in [2.45, 2.75) is 6.61 Å². The maximum Gasteiger partial charge on any atom is 0.143 e.